The fourth-order valence-electron chi connectivity index (χ4n) is 1.96. The molecule has 0 amide bonds. The Hall–Kier alpha value is -1.77. The Kier molecular flexibility index (Phi) is 9.11. The average molecular weight is 327 g/mol. The molecule has 1 unspecified atom stereocenters. The first-order valence-corrected chi connectivity index (χ1v) is 7.59. The van der Waals surface area contributed by atoms with Crippen molar-refractivity contribution in [1.29, 1.82) is 0 Å². The van der Waals surface area contributed by atoms with E-state index in [0.717, 1.165) is 26.1 Å². The van der Waals surface area contributed by atoms with Crippen LogP contribution in [0.5, 0.6) is 5.75 Å². The molecular formula is C15H26FN5O2. The highest BCUT2D eigenvalue weighted by Crippen LogP contribution is 2.19. The number of nitrogens with zero attached hydrogens (tertiary/aromatic N) is 3. The first-order chi connectivity index (χ1) is 11.2. The van der Waals surface area contributed by atoms with E-state index in [1.54, 1.807) is 19.5 Å². The van der Waals surface area contributed by atoms with E-state index in [9.17, 15) is 4.39 Å². The van der Waals surface area contributed by atoms with Crippen molar-refractivity contribution in [2.24, 2.45) is 11.5 Å². The molecule has 8 heteroatoms. The molecule has 0 saturated carbocycles. The number of ether oxygens (including phenoxy) is 2. The average Bonchev–Trinajstić information content (AvgIpc) is 3.06. The van der Waals surface area contributed by atoms with Crippen molar-refractivity contribution < 1.29 is 13.9 Å². The third-order valence-electron chi connectivity index (χ3n) is 3.22. The quantitative estimate of drug-likeness (QED) is 0.799. The molecular weight excluding hydrogens is 301 g/mol. The molecule has 1 aromatic heterocycles. The van der Waals surface area contributed by atoms with E-state index in [1.165, 1.54) is 0 Å². The van der Waals surface area contributed by atoms with Crippen LogP contribution in [0.3, 0.4) is 0 Å². The fraction of sp³-hybridized carbons (Fsp3) is 0.600. The number of methoxy groups -OCH3 is 1. The summed E-state index contributed by atoms with van der Waals surface area (Å²) in [6, 6.07) is 0. The van der Waals surface area contributed by atoms with Crippen LogP contribution < -0.4 is 21.1 Å². The molecule has 0 aromatic carbocycles. The Bertz CT molecular complexity index is 469. The molecule has 23 heavy (non-hydrogen) atoms. The van der Waals surface area contributed by atoms with Gasteiger partial charge in [0.2, 0.25) is 5.95 Å². The topological polar surface area (TPSA) is 99.5 Å². The van der Waals surface area contributed by atoms with Crippen LogP contribution in [0.15, 0.2) is 24.3 Å². The second kappa shape index (κ2) is 10.9. The predicted molar refractivity (Wildman–Crippen MR) is 88.1 cm³/mol. The van der Waals surface area contributed by atoms with Crippen molar-refractivity contribution in [3.05, 3.63) is 24.3 Å². The molecule has 2 rings (SSSR count). The smallest absolute Gasteiger partial charge is 0.225 e. The van der Waals surface area contributed by atoms with E-state index in [2.05, 4.69) is 14.9 Å². The molecule has 0 bridgehead atoms. The second-order valence-electron chi connectivity index (χ2n) is 4.98. The number of hydrogen-bond acceptors (Lipinski definition) is 7. The van der Waals surface area contributed by atoms with Crippen LogP contribution in [0, 0.1) is 0 Å². The Balaban J connectivity index is 0.000000816. The van der Waals surface area contributed by atoms with Gasteiger partial charge in [0, 0.05) is 32.3 Å². The molecule has 130 valence electrons. The highest BCUT2D eigenvalue weighted by Gasteiger charge is 2.23. The highest BCUT2D eigenvalue weighted by atomic mass is 19.1. The Morgan fingerprint density at radius 3 is 2.57 bits per heavy atom. The maximum absolute atomic E-state index is 12.3. The lowest BCUT2D eigenvalue weighted by Gasteiger charge is -2.16. The number of rotatable bonds is 6. The lowest BCUT2D eigenvalue weighted by molar-refractivity contribution is 0.121. The summed E-state index contributed by atoms with van der Waals surface area (Å²) in [6.45, 7) is 4.55. The van der Waals surface area contributed by atoms with Crippen molar-refractivity contribution in [2.45, 2.75) is 19.4 Å². The minimum absolute atomic E-state index is 0.102. The largest absolute Gasteiger partial charge is 0.486 e. The Morgan fingerprint density at radius 1 is 1.43 bits per heavy atom. The molecule has 1 saturated heterocycles. The van der Waals surface area contributed by atoms with Gasteiger partial charge in [0.1, 0.15) is 6.61 Å². The SMILES string of the molecule is CCN.COC1CCN(c2ncc(OC/C(=C/F)CN)cn2)C1. The normalized spacial score (nSPS) is 17.7. The van der Waals surface area contributed by atoms with E-state index in [0.29, 0.717) is 23.6 Å². The summed E-state index contributed by atoms with van der Waals surface area (Å²) >= 11 is 0. The van der Waals surface area contributed by atoms with Gasteiger partial charge in [-0.15, -0.1) is 0 Å². The van der Waals surface area contributed by atoms with Gasteiger partial charge in [-0.3, -0.25) is 0 Å². The van der Waals surface area contributed by atoms with Gasteiger partial charge in [0.05, 0.1) is 24.8 Å². The minimum atomic E-state index is 0.102. The standard InChI is InChI=1S/C13H19FN4O2.C2H7N/c1-19-11-2-3-18(8-11)13-16-6-12(7-17-13)20-9-10(4-14)5-15;1-2-3/h4,6-7,11H,2-3,5,8-9,15H2,1H3;2-3H2,1H3/b10-4+;. The Morgan fingerprint density at radius 2 is 2.09 bits per heavy atom. The van der Waals surface area contributed by atoms with Crippen LogP contribution in [0.2, 0.25) is 0 Å². The van der Waals surface area contributed by atoms with Gasteiger partial charge in [-0.25, -0.2) is 14.4 Å². The summed E-state index contributed by atoms with van der Waals surface area (Å²) in [5, 5.41) is 0. The van der Waals surface area contributed by atoms with Crippen LogP contribution in [0.1, 0.15) is 13.3 Å². The summed E-state index contributed by atoms with van der Waals surface area (Å²) in [5.74, 6) is 1.14. The van der Waals surface area contributed by atoms with Crippen LogP contribution in [-0.4, -0.2) is 56.0 Å². The van der Waals surface area contributed by atoms with Crippen LogP contribution in [0.4, 0.5) is 10.3 Å². The van der Waals surface area contributed by atoms with E-state index in [1.807, 2.05) is 6.92 Å². The highest BCUT2D eigenvalue weighted by molar-refractivity contribution is 5.33. The lowest BCUT2D eigenvalue weighted by Crippen LogP contribution is -2.24. The van der Waals surface area contributed by atoms with Gasteiger partial charge >= 0.3 is 0 Å². The van der Waals surface area contributed by atoms with E-state index in [-0.39, 0.29) is 19.3 Å². The van der Waals surface area contributed by atoms with Crippen LogP contribution >= 0.6 is 0 Å². The first kappa shape index (κ1) is 19.3. The van der Waals surface area contributed by atoms with Gasteiger partial charge in [-0.2, -0.15) is 0 Å². The third kappa shape index (κ3) is 6.47. The zero-order valence-electron chi connectivity index (χ0n) is 13.7. The number of halogens is 1. The molecule has 1 aromatic rings. The van der Waals surface area contributed by atoms with Crippen LogP contribution in [-0.2, 0) is 4.74 Å². The molecule has 4 N–H and O–H groups in total. The van der Waals surface area contributed by atoms with Gasteiger partial charge in [0.25, 0.3) is 0 Å². The fourth-order valence-corrected chi connectivity index (χ4v) is 1.96. The van der Waals surface area contributed by atoms with Gasteiger partial charge in [-0.1, -0.05) is 6.92 Å². The molecule has 7 nitrogen and oxygen atoms in total. The molecule has 0 aliphatic carbocycles. The number of aromatic nitrogens is 2. The zero-order chi connectivity index (χ0) is 17.1. The third-order valence-corrected chi connectivity index (χ3v) is 3.22. The number of nitrogens with two attached hydrogens (primary N) is 2. The number of hydrogen-bond donors (Lipinski definition) is 2. The summed E-state index contributed by atoms with van der Waals surface area (Å²) in [6.07, 6.45) is 4.82. The molecule has 1 fully saturated rings. The van der Waals surface area contributed by atoms with Gasteiger partial charge in [0.15, 0.2) is 5.75 Å². The van der Waals surface area contributed by atoms with Crippen molar-refractivity contribution >= 4 is 5.95 Å². The number of anilines is 1. The second-order valence-corrected chi connectivity index (χ2v) is 4.98. The lowest BCUT2D eigenvalue weighted by atomic mass is 10.3. The zero-order valence-corrected chi connectivity index (χ0v) is 13.7. The summed E-state index contributed by atoms with van der Waals surface area (Å²) in [4.78, 5) is 10.6. The summed E-state index contributed by atoms with van der Waals surface area (Å²) in [5.41, 5.74) is 10.6. The molecule has 0 spiro atoms. The Labute approximate surface area is 136 Å². The van der Waals surface area contributed by atoms with Gasteiger partial charge < -0.3 is 25.8 Å². The van der Waals surface area contributed by atoms with Crippen molar-refractivity contribution in [3.63, 3.8) is 0 Å². The van der Waals surface area contributed by atoms with Crippen LogP contribution in [0.25, 0.3) is 0 Å². The van der Waals surface area contributed by atoms with E-state index < -0.39 is 0 Å². The molecule has 1 atom stereocenters. The maximum Gasteiger partial charge on any atom is 0.225 e. The summed E-state index contributed by atoms with van der Waals surface area (Å²) in [7, 11) is 1.71. The minimum Gasteiger partial charge on any atom is -0.486 e. The van der Waals surface area contributed by atoms with E-state index in [4.69, 9.17) is 20.9 Å². The van der Waals surface area contributed by atoms with Crippen molar-refractivity contribution in [3.8, 4) is 5.75 Å². The van der Waals surface area contributed by atoms with Gasteiger partial charge in [-0.05, 0) is 13.0 Å². The van der Waals surface area contributed by atoms with E-state index >= 15 is 0 Å². The predicted octanol–water partition coefficient (Wildman–Crippen LogP) is 0.858. The summed E-state index contributed by atoms with van der Waals surface area (Å²) < 4.78 is 23.0. The molecule has 0 radical (unpaired) electrons. The molecule has 2 heterocycles. The molecule has 1 aliphatic rings. The monoisotopic (exact) mass is 327 g/mol. The maximum atomic E-state index is 12.3. The van der Waals surface area contributed by atoms with Crippen molar-refractivity contribution in [1.82, 2.24) is 9.97 Å². The van der Waals surface area contributed by atoms with Crippen molar-refractivity contribution in [2.75, 3.05) is 44.8 Å². The first-order valence-electron chi connectivity index (χ1n) is 7.59. The molecule has 1 aliphatic heterocycles.